The molecular formula is C17H17FN4O2S. The number of hydrogen-bond donors (Lipinski definition) is 2. The molecule has 2 unspecified atom stereocenters. The van der Waals surface area contributed by atoms with E-state index in [0.29, 0.717) is 22.6 Å². The van der Waals surface area contributed by atoms with E-state index in [1.165, 1.54) is 6.07 Å². The molecule has 2 saturated carbocycles. The molecule has 3 N–H and O–H groups in total. The van der Waals surface area contributed by atoms with Crippen LogP contribution >= 0.6 is 11.5 Å². The van der Waals surface area contributed by atoms with Crippen LogP contribution in [0.3, 0.4) is 0 Å². The number of aromatic nitrogens is 3. The van der Waals surface area contributed by atoms with Crippen LogP contribution in [0.2, 0.25) is 0 Å². The minimum absolute atomic E-state index is 0.0113. The van der Waals surface area contributed by atoms with Gasteiger partial charge < -0.3 is 10.3 Å². The number of pyridine rings is 2. The highest BCUT2D eigenvalue weighted by atomic mass is 32.1. The first-order valence-corrected chi connectivity index (χ1v) is 9.37. The van der Waals surface area contributed by atoms with Crippen LogP contribution in [0, 0.1) is 5.82 Å². The van der Waals surface area contributed by atoms with Gasteiger partial charge >= 0.3 is 0 Å². The summed E-state index contributed by atoms with van der Waals surface area (Å²) in [6.45, 7) is 0. The van der Waals surface area contributed by atoms with E-state index >= 15 is 0 Å². The highest BCUT2D eigenvalue weighted by Crippen LogP contribution is 2.40. The van der Waals surface area contributed by atoms with Gasteiger partial charge in [-0.1, -0.05) is 0 Å². The number of halogens is 1. The Morgan fingerprint density at radius 3 is 2.76 bits per heavy atom. The predicted octanol–water partition coefficient (Wildman–Crippen LogP) is 2.37. The monoisotopic (exact) mass is 360 g/mol. The van der Waals surface area contributed by atoms with Crippen LogP contribution in [-0.2, 0) is 0 Å². The quantitative estimate of drug-likeness (QED) is 0.734. The molecule has 2 aliphatic carbocycles. The van der Waals surface area contributed by atoms with Crippen molar-refractivity contribution in [1.29, 1.82) is 0 Å². The number of aromatic amines is 1. The number of rotatable bonds is 2. The van der Waals surface area contributed by atoms with E-state index in [1.807, 2.05) is 4.57 Å². The molecule has 0 aromatic carbocycles. The number of fused-ring (bicyclic) bond motifs is 2. The fourth-order valence-electron chi connectivity index (χ4n) is 3.96. The lowest BCUT2D eigenvalue weighted by Crippen LogP contribution is -2.18. The van der Waals surface area contributed by atoms with E-state index in [0.717, 1.165) is 37.2 Å². The first-order valence-electron chi connectivity index (χ1n) is 8.56. The van der Waals surface area contributed by atoms with Crippen molar-refractivity contribution in [2.75, 3.05) is 0 Å². The second-order valence-corrected chi connectivity index (χ2v) is 7.94. The third-order valence-electron chi connectivity index (χ3n) is 5.35. The van der Waals surface area contributed by atoms with E-state index in [4.69, 9.17) is 5.73 Å². The summed E-state index contributed by atoms with van der Waals surface area (Å²) < 4.78 is 19.3. The Morgan fingerprint density at radius 1 is 1.28 bits per heavy atom. The maximum absolute atomic E-state index is 14.7. The van der Waals surface area contributed by atoms with Gasteiger partial charge in [-0.25, -0.2) is 9.37 Å². The van der Waals surface area contributed by atoms with Gasteiger partial charge in [0.2, 0.25) is 5.43 Å². The first-order chi connectivity index (χ1) is 12.0. The minimum Gasteiger partial charge on any atom is -0.328 e. The lowest BCUT2D eigenvalue weighted by molar-refractivity contribution is 0.561. The summed E-state index contributed by atoms with van der Waals surface area (Å²) in [5.41, 5.74) is 6.02. The molecule has 0 spiro atoms. The maximum atomic E-state index is 14.7. The third-order valence-corrected chi connectivity index (χ3v) is 6.24. The van der Waals surface area contributed by atoms with Crippen LogP contribution in [-0.4, -0.2) is 20.0 Å². The molecule has 2 atom stereocenters. The zero-order valence-electron chi connectivity index (χ0n) is 13.4. The summed E-state index contributed by atoms with van der Waals surface area (Å²) in [4.78, 5) is 30.0. The third kappa shape index (κ3) is 2.20. The van der Waals surface area contributed by atoms with Gasteiger partial charge in [-0.15, -0.1) is 0 Å². The van der Waals surface area contributed by atoms with Crippen molar-refractivity contribution in [1.82, 2.24) is 13.9 Å². The van der Waals surface area contributed by atoms with E-state index < -0.39 is 16.8 Å². The summed E-state index contributed by atoms with van der Waals surface area (Å²) in [6, 6.07) is 1.55. The average Bonchev–Trinajstić information content (AvgIpc) is 3.21. The Kier molecular flexibility index (Phi) is 3.18. The van der Waals surface area contributed by atoms with E-state index in [-0.39, 0.29) is 28.8 Å². The molecule has 3 aromatic heterocycles. The van der Waals surface area contributed by atoms with E-state index in [1.54, 1.807) is 0 Å². The molecule has 0 saturated heterocycles. The largest absolute Gasteiger partial charge is 0.328 e. The molecule has 0 amide bonds. The SMILES string of the molecule is NC1CCC(c2nc3c(cc2F)c(=O)c2c(=O)[nH]sc2n3C2CC2)C1. The molecule has 6 nitrogen and oxygen atoms in total. The van der Waals surface area contributed by atoms with Gasteiger partial charge in [-0.05, 0) is 49.7 Å². The summed E-state index contributed by atoms with van der Waals surface area (Å²) in [5.74, 6) is -0.486. The normalized spacial score (nSPS) is 23.8. The number of nitrogens with zero attached hydrogens (tertiary/aromatic N) is 2. The van der Waals surface area contributed by atoms with Gasteiger partial charge in [0.25, 0.3) is 5.56 Å². The molecule has 3 heterocycles. The zero-order chi connectivity index (χ0) is 17.3. The highest BCUT2D eigenvalue weighted by molar-refractivity contribution is 7.12. The Morgan fingerprint density at radius 2 is 2.08 bits per heavy atom. The Labute approximate surface area is 145 Å². The number of H-pyrrole nitrogens is 1. The molecule has 2 fully saturated rings. The van der Waals surface area contributed by atoms with Gasteiger partial charge in [0.15, 0.2) is 0 Å². The number of nitrogens with one attached hydrogen (secondary N) is 1. The molecule has 5 rings (SSSR count). The molecule has 0 radical (unpaired) electrons. The van der Waals surface area contributed by atoms with Crippen molar-refractivity contribution < 1.29 is 4.39 Å². The second-order valence-electron chi connectivity index (χ2n) is 7.14. The lowest BCUT2D eigenvalue weighted by Gasteiger charge is -2.15. The van der Waals surface area contributed by atoms with Crippen molar-refractivity contribution in [2.24, 2.45) is 5.73 Å². The van der Waals surface area contributed by atoms with Crippen LogP contribution in [0.5, 0.6) is 0 Å². The Hall–Kier alpha value is -2.06. The number of nitrogens with two attached hydrogens (primary N) is 1. The molecule has 0 bridgehead atoms. The molecule has 25 heavy (non-hydrogen) atoms. The maximum Gasteiger partial charge on any atom is 0.271 e. The lowest BCUT2D eigenvalue weighted by atomic mass is 10.0. The minimum atomic E-state index is -0.475. The van der Waals surface area contributed by atoms with Gasteiger partial charge in [0.1, 0.15) is 21.7 Å². The van der Waals surface area contributed by atoms with Gasteiger partial charge in [-0.3, -0.25) is 14.0 Å². The fourth-order valence-corrected chi connectivity index (χ4v) is 4.87. The van der Waals surface area contributed by atoms with Crippen LogP contribution < -0.4 is 16.7 Å². The van der Waals surface area contributed by atoms with Crippen molar-refractivity contribution >= 4 is 32.8 Å². The molecule has 8 heteroatoms. The molecule has 0 aliphatic heterocycles. The molecule has 130 valence electrons. The van der Waals surface area contributed by atoms with Gasteiger partial charge in [0, 0.05) is 18.0 Å². The van der Waals surface area contributed by atoms with Crippen LogP contribution in [0.4, 0.5) is 4.39 Å². The number of hydrogen-bond acceptors (Lipinski definition) is 5. The zero-order valence-corrected chi connectivity index (χ0v) is 14.2. The van der Waals surface area contributed by atoms with Crippen LogP contribution in [0.1, 0.15) is 49.8 Å². The van der Waals surface area contributed by atoms with Crippen molar-refractivity contribution in [2.45, 2.75) is 50.1 Å². The predicted molar refractivity (Wildman–Crippen MR) is 94.8 cm³/mol. The van der Waals surface area contributed by atoms with Crippen molar-refractivity contribution in [3.05, 3.63) is 38.2 Å². The van der Waals surface area contributed by atoms with Crippen molar-refractivity contribution in [3.63, 3.8) is 0 Å². The highest BCUT2D eigenvalue weighted by Gasteiger charge is 2.32. The Balaban J connectivity index is 1.86. The van der Waals surface area contributed by atoms with Crippen molar-refractivity contribution in [3.8, 4) is 0 Å². The van der Waals surface area contributed by atoms with Gasteiger partial charge in [0.05, 0.1) is 11.1 Å². The summed E-state index contributed by atoms with van der Waals surface area (Å²) in [6.07, 6.45) is 4.33. The van der Waals surface area contributed by atoms with E-state index in [2.05, 4.69) is 9.36 Å². The first kappa shape index (κ1) is 15.2. The summed E-state index contributed by atoms with van der Waals surface area (Å²) >= 11 is 1.15. The molecule has 2 aliphatic rings. The molecular weight excluding hydrogens is 343 g/mol. The summed E-state index contributed by atoms with van der Waals surface area (Å²) in [7, 11) is 0. The average molecular weight is 360 g/mol. The summed E-state index contributed by atoms with van der Waals surface area (Å²) in [5, 5.41) is 0.299. The van der Waals surface area contributed by atoms with Gasteiger partial charge in [-0.2, -0.15) is 0 Å². The fraction of sp³-hybridized carbons (Fsp3) is 0.471. The van der Waals surface area contributed by atoms with Crippen LogP contribution in [0.15, 0.2) is 15.7 Å². The van der Waals surface area contributed by atoms with Crippen LogP contribution in [0.25, 0.3) is 21.3 Å². The van der Waals surface area contributed by atoms with E-state index in [9.17, 15) is 14.0 Å². The topological polar surface area (TPSA) is 93.8 Å². The molecule has 3 aromatic rings. The Bertz CT molecular complexity index is 1130. The second kappa shape index (κ2) is 5.22. The standard InChI is InChI=1S/C17H17FN4O2S/c18-11-6-10-14(23)12-16(24)21-25-17(12)22(9-3-4-9)15(10)20-13(11)7-1-2-8(19)5-7/h6-9H,1-5,19H2,(H,21,24). The smallest absolute Gasteiger partial charge is 0.271 e.